The molecule has 0 aliphatic carbocycles. The normalized spacial score (nSPS) is 16.1. The van der Waals surface area contributed by atoms with Crippen molar-refractivity contribution in [2.45, 2.75) is 19.3 Å². The molecule has 1 aliphatic heterocycles. The maximum absolute atomic E-state index is 12.8. The molecule has 0 radical (unpaired) electrons. The molecule has 2 aromatic heterocycles. The summed E-state index contributed by atoms with van der Waals surface area (Å²) in [5, 5.41) is 4.41. The number of aromatic nitrogens is 3. The number of fused-ring (bicyclic) bond motifs is 1. The van der Waals surface area contributed by atoms with Gasteiger partial charge in [0, 0.05) is 30.7 Å². The van der Waals surface area contributed by atoms with E-state index in [0.29, 0.717) is 46.3 Å². The second kappa shape index (κ2) is 8.28. The SMILES string of the molecule is COc1cc2cnn(S(C)(=O)=O)c(=O)c2c(N2CCC(CCP(O)O)CC2)n1. The molecule has 1 saturated heterocycles. The fourth-order valence-electron chi connectivity index (χ4n) is 3.41. The number of pyridine rings is 1. The first-order chi connectivity index (χ1) is 13.2. The monoisotopic (exact) mass is 430 g/mol. The minimum Gasteiger partial charge on any atom is -0.481 e. The summed E-state index contributed by atoms with van der Waals surface area (Å²) in [5.41, 5.74) is -0.738. The molecule has 0 amide bonds. The number of nitrogens with zero attached hydrogens (tertiary/aromatic N) is 4. The number of ether oxygens (including phenoxy) is 1. The molecule has 1 aliphatic rings. The highest BCUT2D eigenvalue weighted by molar-refractivity contribution is 7.89. The van der Waals surface area contributed by atoms with E-state index in [-0.39, 0.29) is 5.39 Å². The Kier molecular flexibility index (Phi) is 6.18. The summed E-state index contributed by atoms with van der Waals surface area (Å²) in [5.74, 6) is 1.06. The van der Waals surface area contributed by atoms with Gasteiger partial charge < -0.3 is 19.4 Å². The Morgan fingerprint density at radius 3 is 2.57 bits per heavy atom. The van der Waals surface area contributed by atoms with E-state index in [4.69, 9.17) is 14.5 Å². The Hall–Kier alpha value is -1.81. The van der Waals surface area contributed by atoms with Gasteiger partial charge in [-0.3, -0.25) is 4.79 Å². The minimum atomic E-state index is -3.84. The lowest BCUT2D eigenvalue weighted by atomic mass is 9.94. The molecule has 10 nitrogen and oxygen atoms in total. The lowest BCUT2D eigenvalue weighted by molar-refractivity contribution is 0.381. The standard InChI is InChI=1S/C16H23N4O6PS/c1-26-13-9-12-10-17-20(28(2,24)25)16(21)14(12)15(18-13)19-6-3-11(4-7-19)5-8-27(22)23/h9-11,22-23H,3-8H2,1-2H3. The van der Waals surface area contributed by atoms with Crippen molar-refractivity contribution < 1.29 is 22.9 Å². The third kappa shape index (κ3) is 4.43. The second-order valence-electron chi connectivity index (χ2n) is 6.82. The van der Waals surface area contributed by atoms with Gasteiger partial charge in [-0.15, -0.1) is 4.09 Å². The summed E-state index contributed by atoms with van der Waals surface area (Å²) >= 11 is 0. The number of hydrogen-bond donors (Lipinski definition) is 2. The van der Waals surface area contributed by atoms with Gasteiger partial charge in [0.05, 0.1) is 24.9 Å². The van der Waals surface area contributed by atoms with E-state index in [1.807, 2.05) is 4.90 Å². The van der Waals surface area contributed by atoms with Crippen LogP contribution in [-0.4, -0.2) is 65.0 Å². The molecule has 0 saturated carbocycles. The Morgan fingerprint density at radius 2 is 2.00 bits per heavy atom. The van der Waals surface area contributed by atoms with Gasteiger partial charge in [0.2, 0.25) is 5.88 Å². The Balaban J connectivity index is 1.99. The molecule has 0 unspecified atom stereocenters. The van der Waals surface area contributed by atoms with Crippen LogP contribution in [-0.2, 0) is 10.0 Å². The van der Waals surface area contributed by atoms with Crippen LogP contribution in [0.25, 0.3) is 10.8 Å². The largest absolute Gasteiger partial charge is 0.481 e. The van der Waals surface area contributed by atoms with Gasteiger partial charge >= 0.3 is 0 Å². The van der Waals surface area contributed by atoms with Crippen molar-refractivity contribution >= 4 is 35.0 Å². The molecule has 2 N–H and O–H groups in total. The summed E-state index contributed by atoms with van der Waals surface area (Å²) in [6.45, 7) is 1.24. The molecular weight excluding hydrogens is 407 g/mol. The summed E-state index contributed by atoms with van der Waals surface area (Å²) in [6, 6.07) is 1.55. The Morgan fingerprint density at radius 1 is 1.32 bits per heavy atom. The highest BCUT2D eigenvalue weighted by Crippen LogP contribution is 2.33. The average Bonchev–Trinajstić information content (AvgIpc) is 2.65. The van der Waals surface area contributed by atoms with Gasteiger partial charge in [-0.2, -0.15) is 10.1 Å². The highest BCUT2D eigenvalue weighted by atomic mass is 32.2. The zero-order valence-corrected chi connectivity index (χ0v) is 17.4. The zero-order valence-electron chi connectivity index (χ0n) is 15.6. The van der Waals surface area contributed by atoms with Crippen LogP contribution in [0, 0.1) is 5.92 Å². The number of rotatable bonds is 6. The van der Waals surface area contributed by atoms with Crippen LogP contribution in [0.1, 0.15) is 19.3 Å². The zero-order chi connectivity index (χ0) is 20.5. The van der Waals surface area contributed by atoms with E-state index in [1.54, 1.807) is 6.07 Å². The molecule has 12 heteroatoms. The second-order valence-corrected chi connectivity index (χ2v) is 9.83. The van der Waals surface area contributed by atoms with Gasteiger partial charge in [0.1, 0.15) is 5.82 Å². The van der Waals surface area contributed by atoms with Crippen LogP contribution < -0.4 is 15.2 Å². The van der Waals surface area contributed by atoms with Crippen molar-refractivity contribution in [1.29, 1.82) is 0 Å². The third-order valence-electron chi connectivity index (χ3n) is 4.87. The topological polar surface area (TPSA) is 135 Å². The fourth-order valence-corrected chi connectivity index (χ4v) is 4.62. The van der Waals surface area contributed by atoms with E-state index in [2.05, 4.69) is 10.1 Å². The Labute approximate surface area is 163 Å². The molecule has 154 valence electrons. The molecular formula is C16H23N4O6PS. The van der Waals surface area contributed by atoms with E-state index < -0.39 is 24.0 Å². The maximum atomic E-state index is 12.8. The first-order valence-corrected chi connectivity index (χ1v) is 12.1. The van der Waals surface area contributed by atoms with Crippen LogP contribution in [0.15, 0.2) is 17.1 Å². The van der Waals surface area contributed by atoms with Gasteiger partial charge in [-0.05, 0) is 25.2 Å². The fraction of sp³-hybridized carbons (Fsp3) is 0.562. The van der Waals surface area contributed by atoms with Crippen LogP contribution >= 0.6 is 8.38 Å². The molecule has 0 atom stereocenters. The summed E-state index contributed by atoms with van der Waals surface area (Å²) < 4.78 is 29.5. The smallest absolute Gasteiger partial charge is 0.292 e. The molecule has 0 bridgehead atoms. The minimum absolute atomic E-state index is 0.189. The van der Waals surface area contributed by atoms with Gasteiger partial charge in [0.25, 0.3) is 15.6 Å². The Bertz CT molecular complexity index is 1020. The van der Waals surface area contributed by atoms with Crippen LogP contribution in [0.4, 0.5) is 5.82 Å². The summed E-state index contributed by atoms with van der Waals surface area (Å²) in [7, 11) is -4.25. The lowest BCUT2D eigenvalue weighted by Crippen LogP contribution is -2.36. The van der Waals surface area contributed by atoms with Crippen molar-refractivity contribution in [3.8, 4) is 5.88 Å². The maximum Gasteiger partial charge on any atom is 0.292 e. The molecule has 3 rings (SSSR count). The quantitative estimate of drug-likeness (QED) is 0.629. The lowest BCUT2D eigenvalue weighted by Gasteiger charge is -2.33. The number of methoxy groups -OCH3 is 1. The summed E-state index contributed by atoms with van der Waals surface area (Å²) in [4.78, 5) is 37.4. The first kappa shape index (κ1) is 20.9. The van der Waals surface area contributed by atoms with Gasteiger partial charge in [0.15, 0.2) is 8.38 Å². The predicted octanol–water partition coefficient (Wildman–Crippen LogP) is 0.511. The van der Waals surface area contributed by atoms with Crippen molar-refractivity contribution in [2.24, 2.45) is 5.92 Å². The highest BCUT2D eigenvalue weighted by Gasteiger charge is 2.25. The van der Waals surface area contributed by atoms with Crippen LogP contribution in [0.3, 0.4) is 0 Å². The number of anilines is 1. The number of piperidine rings is 1. The van der Waals surface area contributed by atoms with Crippen LogP contribution in [0.2, 0.25) is 0 Å². The van der Waals surface area contributed by atoms with Crippen molar-refractivity contribution in [3.05, 3.63) is 22.6 Å². The predicted molar refractivity (Wildman–Crippen MR) is 106 cm³/mol. The van der Waals surface area contributed by atoms with E-state index in [9.17, 15) is 13.2 Å². The first-order valence-electron chi connectivity index (χ1n) is 8.78. The van der Waals surface area contributed by atoms with E-state index in [1.165, 1.54) is 13.3 Å². The molecule has 2 aromatic rings. The van der Waals surface area contributed by atoms with E-state index in [0.717, 1.165) is 25.5 Å². The van der Waals surface area contributed by atoms with E-state index >= 15 is 0 Å². The molecule has 28 heavy (non-hydrogen) atoms. The molecule has 1 fully saturated rings. The number of hydrogen-bond acceptors (Lipinski definition) is 9. The molecule has 0 spiro atoms. The van der Waals surface area contributed by atoms with Crippen molar-refractivity contribution in [1.82, 2.24) is 14.2 Å². The van der Waals surface area contributed by atoms with Crippen molar-refractivity contribution in [2.75, 3.05) is 37.5 Å². The van der Waals surface area contributed by atoms with Gasteiger partial charge in [-0.1, -0.05) is 0 Å². The van der Waals surface area contributed by atoms with Crippen molar-refractivity contribution in [3.63, 3.8) is 0 Å². The third-order valence-corrected chi connectivity index (χ3v) is 6.42. The molecule has 0 aromatic carbocycles. The molecule has 3 heterocycles. The average molecular weight is 430 g/mol. The van der Waals surface area contributed by atoms with Gasteiger partial charge in [-0.25, -0.2) is 8.42 Å². The summed E-state index contributed by atoms with van der Waals surface area (Å²) in [6.07, 6.45) is 5.01. The van der Waals surface area contributed by atoms with Crippen LogP contribution in [0.5, 0.6) is 5.88 Å².